The van der Waals surface area contributed by atoms with Gasteiger partial charge in [-0.1, -0.05) is 3.89 Å². The van der Waals surface area contributed by atoms with E-state index in [4.69, 9.17) is 4.74 Å². The lowest BCUT2D eigenvalue weighted by atomic mass is 10.0. The first-order chi connectivity index (χ1) is 13.6. The molecule has 1 aromatic heterocycles. The summed E-state index contributed by atoms with van der Waals surface area (Å²) in [4.78, 5) is 3.80. The summed E-state index contributed by atoms with van der Waals surface area (Å²) < 4.78 is 71.5. The van der Waals surface area contributed by atoms with E-state index in [1.807, 2.05) is 0 Å². The molecule has 0 fully saturated rings. The summed E-state index contributed by atoms with van der Waals surface area (Å²) >= 11 is 0. The molecule has 152 valence electrons. The van der Waals surface area contributed by atoms with Crippen molar-refractivity contribution in [1.29, 1.82) is 0 Å². The van der Waals surface area contributed by atoms with Gasteiger partial charge in [0.15, 0.2) is 0 Å². The monoisotopic (exact) mass is 425 g/mol. The van der Waals surface area contributed by atoms with Crippen LogP contribution in [-0.2, 0) is 17.1 Å². The van der Waals surface area contributed by atoms with Crippen LogP contribution in [0.5, 0.6) is 17.4 Å². The molecule has 0 aliphatic carbocycles. The average molecular weight is 425 g/mol. The Morgan fingerprint density at radius 2 is 1.52 bits per heavy atom. The molecule has 0 saturated carbocycles. The highest BCUT2D eigenvalue weighted by Crippen LogP contribution is 2.28. The Morgan fingerprint density at radius 1 is 0.966 bits per heavy atom. The van der Waals surface area contributed by atoms with E-state index in [2.05, 4.69) is 9.17 Å². The van der Waals surface area contributed by atoms with Crippen LogP contribution in [0.3, 0.4) is 0 Å². The fraction of sp³-hybridized carbons (Fsp3) is 0.105. The van der Waals surface area contributed by atoms with Crippen LogP contribution in [0.4, 0.5) is 12.7 Å². The van der Waals surface area contributed by atoms with Gasteiger partial charge >= 0.3 is 10.5 Å². The van der Waals surface area contributed by atoms with Crippen molar-refractivity contribution in [1.82, 2.24) is 4.98 Å². The van der Waals surface area contributed by atoms with Crippen molar-refractivity contribution in [3.05, 3.63) is 71.4 Å². The average Bonchev–Trinajstić information content (AvgIpc) is 2.60. The summed E-state index contributed by atoms with van der Waals surface area (Å²) in [5.41, 5.74) is 0.786. The van der Waals surface area contributed by atoms with Gasteiger partial charge in [-0.15, -0.1) is 0 Å². The van der Waals surface area contributed by atoms with Gasteiger partial charge in [-0.25, -0.2) is 13.8 Å². The minimum atomic E-state index is -5.15. The zero-order valence-electron chi connectivity index (χ0n) is 14.9. The van der Waals surface area contributed by atoms with Crippen molar-refractivity contribution in [2.45, 2.75) is 13.5 Å². The second kappa shape index (κ2) is 8.00. The van der Waals surface area contributed by atoms with Crippen LogP contribution in [-0.4, -0.2) is 18.5 Å². The number of aryl methyl sites for hydroxylation is 1. The predicted molar refractivity (Wildman–Crippen MR) is 97.4 cm³/mol. The number of ether oxygens (including phenoxy) is 1. The van der Waals surface area contributed by atoms with Crippen molar-refractivity contribution in [2.24, 2.45) is 0 Å². The Labute approximate surface area is 164 Å². The number of rotatable bonds is 6. The molecule has 0 aliphatic rings. The van der Waals surface area contributed by atoms with Crippen LogP contribution < -0.4 is 8.92 Å². The molecule has 10 heteroatoms. The number of pyridine rings is 1. The van der Waals surface area contributed by atoms with Crippen LogP contribution in [0.2, 0.25) is 0 Å². The smallest absolute Gasteiger partial charge is 0.488 e. The van der Waals surface area contributed by atoms with Gasteiger partial charge in [0.25, 0.3) is 0 Å². The van der Waals surface area contributed by atoms with E-state index in [9.17, 15) is 26.2 Å². The molecule has 6 nitrogen and oxygen atoms in total. The molecule has 2 aromatic carbocycles. The van der Waals surface area contributed by atoms with Crippen molar-refractivity contribution in [3.8, 4) is 28.5 Å². The lowest BCUT2D eigenvalue weighted by Crippen LogP contribution is -2.03. The quantitative estimate of drug-likeness (QED) is 0.596. The van der Waals surface area contributed by atoms with E-state index in [1.165, 1.54) is 18.2 Å². The molecular formula is C19H14F3NO5S. The largest absolute Gasteiger partial charge is 0.493 e. The molecule has 0 atom stereocenters. The fourth-order valence-electron chi connectivity index (χ4n) is 2.59. The third-order valence-electron chi connectivity index (χ3n) is 3.82. The van der Waals surface area contributed by atoms with Crippen molar-refractivity contribution in [2.75, 3.05) is 0 Å². The standard InChI is InChI=1S/C19H14F3NO5S/c1-11-6-12(9-19(24)23-11)13-7-17(20)16(18(21)8-13)10-27-14-2-4-15(5-3-14)28-29(22,25)26/h2-9H,10H2,1H3,(H,23,24). The molecule has 0 bridgehead atoms. The first-order valence-electron chi connectivity index (χ1n) is 8.13. The third-order valence-corrected chi connectivity index (χ3v) is 4.21. The maximum Gasteiger partial charge on any atom is 0.488 e. The predicted octanol–water partition coefficient (Wildman–Crippen LogP) is 4.21. The van der Waals surface area contributed by atoms with Crippen LogP contribution >= 0.6 is 0 Å². The van der Waals surface area contributed by atoms with Gasteiger partial charge in [0.1, 0.15) is 29.7 Å². The molecule has 29 heavy (non-hydrogen) atoms. The lowest BCUT2D eigenvalue weighted by molar-refractivity contribution is 0.292. The summed E-state index contributed by atoms with van der Waals surface area (Å²) in [6.07, 6.45) is 0. The van der Waals surface area contributed by atoms with Crippen molar-refractivity contribution < 1.29 is 35.1 Å². The zero-order chi connectivity index (χ0) is 21.2. The molecule has 3 aromatic rings. The lowest BCUT2D eigenvalue weighted by Gasteiger charge is -2.11. The SMILES string of the molecule is Cc1cc(-c2cc(F)c(COc3ccc(OS(=O)(=O)F)cc3)c(F)c2)cc(O)n1. The van der Waals surface area contributed by atoms with Gasteiger partial charge < -0.3 is 14.0 Å². The Kier molecular flexibility index (Phi) is 5.64. The van der Waals surface area contributed by atoms with E-state index in [1.54, 1.807) is 13.0 Å². The number of benzene rings is 2. The van der Waals surface area contributed by atoms with Gasteiger partial charge in [0, 0.05) is 11.8 Å². The van der Waals surface area contributed by atoms with Crippen LogP contribution in [0.1, 0.15) is 11.3 Å². The van der Waals surface area contributed by atoms with Crippen LogP contribution in [0, 0.1) is 18.6 Å². The molecule has 1 heterocycles. The topological polar surface area (TPSA) is 85.7 Å². The third kappa shape index (κ3) is 5.38. The van der Waals surface area contributed by atoms with E-state index in [0.29, 0.717) is 11.3 Å². The summed E-state index contributed by atoms with van der Waals surface area (Å²) in [6.45, 7) is 1.19. The second-order valence-electron chi connectivity index (χ2n) is 6.01. The first kappa shape index (κ1) is 20.5. The summed E-state index contributed by atoms with van der Waals surface area (Å²) in [5.74, 6) is -2.08. The summed E-state index contributed by atoms with van der Waals surface area (Å²) in [6, 6.07) is 9.85. The molecule has 0 spiro atoms. The van der Waals surface area contributed by atoms with E-state index >= 15 is 0 Å². The second-order valence-corrected chi connectivity index (χ2v) is 6.96. The minimum Gasteiger partial charge on any atom is -0.493 e. The highest BCUT2D eigenvalue weighted by atomic mass is 32.3. The molecule has 0 unspecified atom stereocenters. The van der Waals surface area contributed by atoms with Crippen molar-refractivity contribution >= 4 is 10.5 Å². The number of nitrogens with zero attached hydrogens (tertiary/aromatic N) is 1. The molecule has 0 aliphatic heterocycles. The van der Waals surface area contributed by atoms with Crippen molar-refractivity contribution in [3.63, 3.8) is 0 Å². The molecule has 0 amide bonds. The fourth-order valence-corrected chi connectivity index (χ4v) is 2.93. The minimum absolute atomic E-state index is 0.158. The molecule has 0 radical (unpaired) electrons. The number of halogens is 3. The van der Waals surface area contributed by atoms with E-state index in [-0.39, 0.29) is 28.5 Å². The van der Waals surface area contributed by atoms with Gasteiger partial charge in [0.2, 0.25) is 5.88 Å². The highest BCUT2D eigenvalue weighted by molar-refractivity contribution is 7.81. The number of hydrogen-bond acceptors (Lipinski definition) is 6. The van der Waals surface area contributed by atoms with Crippen LogP contribution in [0.15, 0.2) is 48.5 Å². The first-order valence-corrected chi connectivity index (χ1v) is 9.44. The summed E-state index contributed by atoms with van der Waals surface area (Å²) in [5, 5.41) is 9.56. The van der Waals surface area contributed by atoms with Gasteiger partial charge in [-0.05, 0) is 60.5 Å². The zero-order valence-corrected chi connectivity index (χ0v) is 15.7. The normalized spacial score (nSPS) is 11.3. The summed E-state index contributed by atoms with van der Waals surface area (Å²) in [7, 11) is -5.15. The van der Waals surface area contributed by atoms with Gasteiger partial charge in [-0.2, -0.15) is 8.42 Å². The Morgan fingerprint density at radius 3 is 2.07 bits per heavy atom. The molecule has 3 rings (SSSR count). The maximum atomic E-state index is 14.4. The Hall–Kier alpha value is -3.27. The number of aromatic hydroxyl groups is 1. The number of hydrogen-bond donors (Lipinski definition) is 1. The highest BCUT2D eigenvalue weighted by Gasteiger charge is 2.14. The van der Waals surface area contributed by atoms with E-state index < -0.39 is 28.7 Å². The number of aromatic nitrogens is 1. The van der Waals surface area contributed by atoms with Crippen LogP contribution in [0.25, 0.3) is 11.1 Å². The molecule has 0 saturated heterocycles. The molecule has 1 N–H and O–H groups in total. The Bertz CT molecular complexity index is 1110. The van der Waals surface area contributed by atoms with Gasteiger partial charge in [-0.3, -0.25) is 0 Å². The van der Waals surface area contributed by atoms with E-state index in [0.717, 1.165) is 24.3 Å². The molecular weight excluding hydrogens is 411 g/mol. The van der Waals surface area contributed by atoms with Gasteiger partial charge in [0.05, 0.1) is 5.56 Å². The Balaban J connectivity index is 1.76. The maximum absolute atomic E-state index is 14.4.